The van der Waals surface area contributed by atoms with Gasteiger partial charge in [-0.05, 0) is 48.6 Å². The summed E-state index contributed by atoms with van der Waals surface area (Å²) >= 11 is 7.40. The lowest BCUT2D eigenvalue weighted by Gasteiger charge is -2.35. The Morgan fingerprint density at radius 3 is 2.89 bits per heavy atom. The van der Waals surface area contributed by atoms with Crippen LogP contribution in [-0.4, -0.2) is 30.9 Å². The zero-order chi connectivity index (χ0) is 13.5. The Balaban J connectivity index is 1.89. The maximum absolute atomic E-state index is 12.5. The van der Waals surface area contributed by atoms with Crippen molar-refractivity contribution in [2.45, 2.75) is 31.7 Å². The fourth-order valence-electron chi connectivity index (χ4n) is 2.89. The van der Waals surface area contributed by atoms with Gasteiger partial charge in [0.1, 0.15) is 0 Å². The molecule has 1 aromatic rings. The van der Waals surface area contributed by atoms with E-state index in [1.807, 2.05) is 0 Å². The smallest absolute Gasteiger partial charge is 0.212 e. The molecule has 3 nitrogen and oxygen atoms in total. The van der Waals surface area contributed by atoms with Crippen molar-refractivity contribution in [1.29, 1.82) is 0 Å². The van der Waals surface area contributed by atoms with Gasteiger partial charge in [-0.15, -0.1) is 22.9 Å². The molecule has 0 aromatic carbocycles. The van der Waals surface area contributed by atoms with Gasteiger partial charge in [-0.2, -0.15) is 4.31 Å². The highest BCUT2D eigenvalue weighted by Crippen LogP contribution is 2.49. The first-order valence-corrected chi connectivity index (χ1v) is 9.77. The topological polar surface area (TPSA) is 37.4 Å². The maximum atomic E-state index is 12.5. The van der Waals surface area contributed by atoms with Crippen molar-refractivity contribution < 1.29 is 8.42 Å². The summed E-state index contributed by atoms with van der Waals surface area (Å²) in [5.74, 6) is 1.11. The van der Waals surface area contributed by atoms with E-state index in [0.29, 0.717) is 24.8 Å². The molecule has 0 radical (unpaired) electrons. The third-order valence-electron chi connectivity index (χ3n) is 3.93. The first-order chi connectivity index (χ1) is 9.13. The van der Waals surface area contributed by atoms with Crippen LogP contribution >= 0.6 is 22.9 Å². The molecule has 1 unspecified atom stereocenters. The Morgan fingerprint density at radius 2 is 2.21 bits per heavy atom. The van der Waals surface area contributed by atoms with E-state index in [4.69, 9.17) is 11.6 Å². The Labute approximate surface area is 123 Å². The predicted molar refractivity (Wildman–Crippen MR) is 79.3 cm³/mol. The first kappa shape index (κ1) is 13.9. The average Bonchev–Trinajstić information content (AvgIpc) is 3.12. The lowest BCUT2D eigenvalue weighted by molar-refractivity contribution is 0.283. The van der Waals surface area contributed by atoms with Crippen LogP contribution in [0, 0.1) is 5.92 Å². The van der Waals surface area contributed by atoms with Crippen molar-refractivity contribution >= 4 is 33.0 Å². The highest BCUT2D eigenvalue weighted by molar-refractivity contribution is 7.89. The van der Waals surface area contributed by atoms with Crippen molar-refractivity contribution in [3.05, 3.63) is 21.9 Å². The van der Waals surface area contributed by atoms with E-state index in [-0.39, 0.29) is 11.8 Å². The highest BCUT2D eigenvalue weighted by atomic mass is 35.5. The number of hydrogen-bond donors (Lipinski definition) is 0. The molecular formula is C13H18ClNO2S2. The van der Waals surface area contributed by atoms with Gasteiger partial charge in [0.05, 0.1) is 11.8 Å². The summed E-state index contributed by atoms with van der Waals surface area (Å²) in [7, 11) is -3.17. The number of hydrogen-bond acceptors (Lipinski definition) is 3. The molecule has 106 valence electrons. The number of sulfonamides is 1. The summed E-state index contributed by atoms with van der Waals surface area (Å²) < 4.78 is 26.7. The van der Waals surface area contributed by atoms with Gasteiger partial charge in [0, 0.05) is 17.3 Å². The molecule has 0 amide bonds. The van der Waals surface area contributed by atoms with Crippen LogP contribution in [0.4, 0.5) is 0 Å². The van der Waals surface area contributed by atoms with Crippen LogP contribution in [0.15, 0.2) is 11.4 Å². The molecule has 0 saturated heterocycles. The second kappa shape index (κ2) is 5.35. The summed E-state index contributed by atoms with van der Waals surface area (Å²) in [5, 5.41) is 2.09. The number of alkyl halides is 1. The van der Waals surface area contributed by atoms with Crippen LogP contribution in [0.3, 0.4) is 0 Å². The number of fused-ring (bicyclic) bond motifs is 1. The minimum absolute atomic E-state index is 0.0929. The summed E-state index contributed by atoms with van der Waals surface area (Å²) in [4.78, 5) is 1.38. The van der Waals surface area contributed by atoms with Crippen LogP contribution in [0.5, 0.6) is 0 Å². The van der Waals surface area contributed by atoms with Gasteiger partial charge >= 0.3 is 0 Å². The van der Waals surface area contributed by atoms with E-state index >= 15 is 0 Å². The van der Waals surface area contributed by atoms with Gasteiger partial charge in [0.15, 0.2) is 0 Å². The first-order valence-electron chi connectivity index (χ1n) is 6.75. The average molecular weight is 320 g/mol. The van der Waals surface area contributed by atoms with E-state index in [2.05, 4.69) is 11.4 Å². The van der Waals surface area contributed by atoms with Crippen LogP contribution < -0.4 is 0 Å². The standard InChI is InChI=1S/C13H18ClNO2S2/c14-6-1-9-19(16,17)15-7-4-12-11(5-8-18-12)13(15)10-2-3-10/h5,8,10,13H,1-4,6-7,9H2. The fourth-order valence-corrected chi connectivity index (χ4v) is 5.84. The molecule has 1 fully saturated rings. The molecule has 0 bridgehead atoms. The lowest BCUT2D eigenvalue weighted by atomic mass is 9.98. The van der Waals surface area contributed by atoms with Gasteiger partial charge < -0.3 is 0 Å². The highest BCUT2D eigenvalue weighted by Gasteiger charge is 2.44. The van der Waals surface area contributed by atoms with Crippen molar-refractivity contribution in [3.63, 3.8) is 0 Å². The Bertz CT molecular complexity index is 551. The second-order valence-corrected chi connectivity index (χ2v) is 8.72. The van der Waals surface area contributed by atoms with Crippen LogP contribution in [0.1, 0.15) is 35.7 Å². The quantitative estimate of drug-likeness (QED) is 0.782. The predicted octanol–water partition coefficient (Wildman–Crippen LogP) is 3.02. The molecule has 2 aliphatic rings. The summed E-state index contributed by atoms with van der Waals surface area (Å²) in [6.45, 7) is 0.638. The van der Waals surface area contributed by atoms with Crippen molar-refractivity contribution in [3.8, 4) is 0 Å². The van der Waals surface area contributed by atoms with Gasteiger partial charge in [-0.1, -0.05) is 0 Å². The number of nitrogens with zero attached hydrogens (tertiary/aromatic N) is 1. The molecule has 0 spiro atoms. The molecule has 6 heteroatoms. The van der Waals surface area contributed by atoms with Crippen molar-refractivity contribution in [2.75, 3.05) is 18.2 Å². The van der Waals surface area contributed by atoms with E-state index in [9.17, 15) is 8.42 Å². The molecule has 1 aliphatic heterocycles. The molecule has 1 atom stereocenters. The van der Waals surface area contributed by atoms with E-state index in [1.54, 1.807) is 15.6 Å². The molecule has 1 aliphatic carbocycles. The lowest BCUT2D eigenvalue weighted by Crippen LogP contribution is -2.41. The fraction of sp³-hybridized carbons (Fsp3) is 0.692. The Morgan fingerprint density at radius 1 is 1.42 bits per heavy atom. The van der Waals surface area contributed by atoms with Gasteiger partial charge in [-0.25, -0.2) is 8.42 Å². The minimum Gasteiger partial charge on any atom is -0.212 e. The third-order valence-corrected chi connectivity index (χ3v) is 7.12. The maximum Gasteiger partial charge on any atom is 0.214 e. The number of rotatable bonds is 5. The SMILES string of the molecule is O=S(=O)(CCCCl)N1CCc2sccc2C1C1CC1. The van der Waals surface area contributed by atoms with Crippen LogP contribution in [-0.2, 0) is 16.4 Å². The molecular weight excluding hydrogens is 302 g/mol. The van der Waals surface area contributed by atoms with Crippen LogP contribution in [0.2, 0.25) is 0 Å². The molecule has 0 N–H and O–H groups in total. The third kappa shape index (κ3) is 2.71. The molecule has 3 rings (SSSR count). The second-order valence-electron chi connectivity index (χ2n) is 5.30. The van der Waals surface area contributed by atoms with E-state index < -0.39 is 10.0 Å². The Kier molecular flexibility index (Phi) is 3.91. The van der Waals surface area contributed by atoms with Gasteiger partial charge in [0.2, 0.25) is 10.0 Å². The van der Waals surface area contributed by atoms with Gasteiger partial charge in [0.25, 0.3) is 0 Å². The van der Waals surface area contributed by atoms with E-state index in [0.717, 1.165) is 19.3 Å². The Hall–Kier alpha value is -0.100. The van der Waals surface area contributed by atoms with Crippen LogP contribution in [0.25, 0.3) is 0 Å². The summed E-state index contributed by atoms with van der Waals surface area (Å²) in [5.41, 5.74) is 1.26. The zero-order valence-corrected chi connectivity index (χ0v) is 13.1. The molecule has 2 heterocycles. The summed E-state index contributed by atoms with van der Waals surface area (Å²) in [6, 6.07) is 2.21. The molecule has 19 heavy (non-hydrogen) atoms. The van der Waals surface area contributed by atoms with Crippen molar-refractivity contribution in [2.24, 2.45) is 5.92 Å². The number of thiophene rings is 1. The largest absolute Gasteiger partial charge is 0.214 e. The molecule has 1 aromatic heterocycles. The minimum atomic E-state index is -3.17. The normalized spacial score (nSPS) is 24.4. The van der Waals surface area contributed by atoms with Gasteiger partial charge in [-0.3, -0.25) is 0 Å². The molecule has 1 saturated carbocycles. The van der Waals surface area contributed by atoms with Crippen molar-refractivity contribution in [1.82, 2.24) is 4.31 Å². The zero-order valence-electron chi connectivity index (χ0n) is 10.7. The monoisotopic (exact) mass is 319 g/mol. The summed E-state index contributed by atoms with van der Waals surface area (Å²) in [6.07, 6.45) is 3.70. The number of halogens is 1. The van der Waals surface area contributed by atoms with E-state index in [1.165, 1.54) is 10.4 Å².